The molecule has 15 heteroatoms. The van der Waals surface area contributed by atoms with Crippen LogP contribution in [0.3, 0.4) is 0 Å². The molecule has 1 saturated heterocycles. The van der Waals surface area contributed by atoms with Crippen molar-refractivity contribution in [2.45, 2.75) is 70.8 Å². The third-order valence-corrected chi connectivity index (χ3v) is 8.30. The van der Waals surface area contributed by atoms with Gasteiger partial charge in [-0.15, -0.1) is 0 Å². The number of methoxy groups -OCH3 is 1. The number of nitrogens with one attached hydrogen (secondary N) is 3. The molecule has 2 heterocycles. The van der Waals surface area contributed by atoms with Crippen molar-refractivity contribution in [3.63, 3.8) is 0 Å². The minimum absolute atomic E-state index is 0.168. The van der Waals surface area contributed by atoms with Gasteiger partial charge in [0.05, 0.1) is 32.0 Å². The lowest BCUT2D eigenvalue weighted by Crippen LogP contribution is -2.53. The number of hydrogen-bond donors (Lipinski definition) is 3. The van der Waals surface area contributed by atoms with E-state index in [9.17, 15) is 13.2 Å². The fourth-order valence-corrected chi connectivity index (χ4v) is 5.13. The van der Waals surface area contributed by atoms with Crippen molar-refractivity contribution < 1.29 is 32.2 Å². The number of hydrazine groups is 1. The van der Waals surface area contributed by atoms with E-state index in [1.54, 1.807) is 52.2 Å². The van der Waals surface area contributed by atoms with Crippen molar-refractivity contribution in [1.82, 2.24) is 25.5 Å². The standard InChI is InChI=1S/C26H37BrN6O7S/c1-15(2)40-22(23-28-11-16(3)12-29-23)17(4)41(35,36)33-25(30-18-13-38-26(5,6)39-14-18)32-31-24(34)20-10-19(37-7)8-9-21(20)27/h8-12,15,17-18,22H,13-14H2,1-7H3,(H,31,34)(H2,30,32,33). The second-order valence-corrected chi connectivity index (χ2v) is 13.0. The van der Waals surface area contributed by atoms with Gasteiger partial charge in [0, 0.05) is 16.9 Å². The largest absolute Gasteiger partial charge is 0.497 e. The van der Waals surface area contributed by atoms with E-state index in [0.717, 1.165) is 5.56 Å². The van der Waals surface area contributed by atoms with E-state index in [4.69, 9.17) is 18.9 Å². The topological polar surface area (TPSA) is 162 Å². The number of sulfonamides is 1. The molecule has 1 aromatic heterocycles. The van der Waals surface area contributed by atoms with Crippen LogP contribution in [0.4, 0.5) is 0 Å². The summed E-state index contributed by atoms with van der Waals surface area (Å²) in [6, 6.07) is 4.32. The van der Waals surface area contributed by atoms with E-state index < -0.39 is 39.1 Å². The normalized spacial score (nSPS) is 17.5. The second-order valence-electron chi connectivity index (χ2n) is 10.2. The van der Waals surface area contributed by atoms with E-state index in [1.807, 2.05) is 6.92 Å². The average Bonchev–Trinajstić information content (AvgIpc) is 2.91. The van der Waals surface area contributed by atoms with Crippen molar-refractivity contribution in [3.05, 3.63) is 52.0 Å². The van der Waals surface area contributed by atoms with Crippen LogP contribution >= 0.6 is 15.9 Å². The van der Waals surface area contributed by atoms with Gasteiger partial charge in [-0.25, -0.2) is 23.4 Å². The first-order chi connectivity index (χ1) is 19.2. The van der Waals surface area contributed by atoms with Gasteiger partial charge in [0.15, 0.2) is 11.6 Å². The molecule has 3 N–H and O–H groups in total. The third-order valence-electron chi connectivity index (χ3n) is 5.90. The first-order valence-electron chi connectivity index (χ1n) is 12.9. The van der Waals surface area contributed by atoms with Gasteiger partial charge in [-0.2, -0.15) is 0 Å². The Balaban J connectivity index is 1.87. The number of aromatic nitrogens is 2. The summed E-state index contributed by atoms with van der Waals surface area (Å²) in [5.41, 5.74) is 6.16. The summed E-state index contributed by atoms with van der Waals surface area (Å²) in [6.07, 6.45) is 1.89. The summed E-state index contributed by atoms with van der Waals surface area (Å²) in [5.74, 6) is -0.913. The Morgan fingerprint density at radius 2 is 1.78 bits per heavy atom. The second kappa shape index (κ2) is 13.9. The molecule has 2 aromatic rings. The summed E-state index contributed by atoms with van der Waals surface area (Å²) in [6.45, 7) is 10.8. The number of guanidine groups is 1. The van der Waals surface area contributed by atoms with E-state index in [0.29, 0.717) is 10.2 Å². The Morgan fingerprint density at radius 3 is 2.37 bits per heavy atom. The number of hydrogen-bond acceptors (Lipinski definition) is 10. The molecule has 3 rings (SSSR count). The predicted molar refractivity (Wildman–Crippen MR) is 156 cm³/mol. The molecule has 0 radical (unpaired) electrons. The van der Waals surface area contributed by atoms with Crippen LogP contribution < -0.4 is 20.3 Å². The molecule has 1 aromatic carbocycles. The number of benzene rings is 1. The van der Waals surface area contributed by atoms with Crippen molar-refractivity contribution in [1.29, 1.82) is 0 Å². The Bertz CT molecular complexity index is 1330. The van der Waals surface area contributed by atoms with Crippen LogP contribution in [0.5, 0.6) is 5.75 Å². The maximum absolute atomic E-state index is 13.6. The molecule has 0 aliphatic carbocycles. The summed E-state index contributed by atoms with van der Waals surface area (Å²) in [5, 5.41) is -1.15. The SMILES string of the molecule is COc1ccc(Br)c(C(=O)NNC(=NC2COC(C)(C)OC2)NS(=O)(=O)C(C)C(OC(C)C)c2ncc(C)cn2)c1. The van der Waals surface area contributed by atoms with Gasteiger partial charge in [0.2, 0.25) is 16.0 Å². The van der Waals surface area contributed by atoms with Gasteiger partial charge in [0.25, 0.3) is 5.91 Å². The quantitative estimate of drug-likeness (QED) is 0.208. The average molecular weight is 658 g/mol. The molecule has 41 heavy (non-hydrogen) atoms. The zero-order valence-electron chi connectivity index (χ0n) is 24.1. The number of halogens is 1. The van der Waals surface area contributed by atoms with Gasteiger partial charge in [0.1, 0.15) is 23.1 Å². The van der Waals surface area contributed by atoms with Crippen LogP contribution in [0, 0.1) is 6.92 Å². The van der Waals surface area contributed by atoms with Crippen LogP contribution in [0.2, 0.25) is 0 Å². The molecule has 226 valence electrons. The Labute approximate surface area is 249 Å². The summed E-state index contributed by atoms with van der Waals surface area (Å²) >= 11 is 3.34. The number of amides is 1. The Kier molecular flexibility index (Phi) is 11.1. The smallest absolute Gasteiger partial charge is 0.270 e. The van der Waals surface area contributed by atoms with E-state index in [-0.39, 0.29) is 36.7 Å². The minimum atomic E-state index is -4.18. The molecule has 0 spiro atoms. The van der Waals surface area contributed by atoms with Gasteiger partial charge in [-0.05, 0) is 81.2 Å². The highest BCUT2D eigenvalue weighted by Gasteiger charge is 2.36. The van der Waals surface area contributed by atoms with E-state index in [1.165, 1.54) is 20.1 Å². The minimum Gasteiger partial charge on any atom is -0.497 e. The van der Waals surface area contributed by atoms with Gasteiger partial charge in [-0.1, -0.05) is 0 Å². The van der Waals surface area contributed by atoms with Crippen molar-refractivity contribution >= 4 is 37.8 Å². The molecule has 13 nitrogen and oxygen atoms in total. The van der Waals surface area contributed by atoms with Crippen LogP contribution in [0.15, 0.2) is 40.1 Å². The molecule has 0 bridgehead atoms. The Morgan fingerprint density at radius 1 is 1.15 bits per heavy atom. The molecule has 1 amide bonds. The van der Waals surface area contributed by atoms with Crippen LogP contribution in [0.1, 0.15) is 62.5 Å². The number of rotatable bonds is 9. The number of aliphatic imine (C=N–C) groups is 1. The lowest BCUT2D eigenvalue weighted by Gasteiger charge is -2.33. The zero-order chi connectivity index (χ0) is 30.4. The number of carbonyl (C=O) groups excluding carboxylic acids is 1. The highest BCUT2D eigenvalue weighted by molar-refractivity contribution is 9.10. The fraction of sp³-hybridized carbons (Fsp3) is 0.538. The van der Waals surface area contributed by atoms with Crippen molar-refractivity contribution in [2.24, 2.45) is 4.99 Å². The van der Waals surface area contributed by atoms with E-state index in [2.05, 4.69) is 46.5 Å². The molecular weight excluding hydrogens is 620 g/mol. The van der Waals surface area contributed by atoms with Crippen LogP contribution in [-0.4, -0.2) is 73.8 Å². The summed E-state index contributed by atoms with van der Waals surface area (Å²) in [7, 11) is -2.69. The van der Waals surface area contributed by atoms with Gasteiger partial charge < -0.3 is 18.9 Å². The maximum atomic E-state index is 13.6. The highest BCUT2D eigenvalue weighted by Crippen LogP contribution is 2.25. The van der Waals surface area contributed by atoms with Crippen LogP contribution in [-0.2, 0) is 24.2 Å². The lowest BCUT2D eigenvalue weighted by atomic mass is 10.2. The molecule has 1 fully saturated rings. The molecule has 1 aliphatic rings. The molecule has 1 aliphatic heterocycles. The number of aryl methyl sites for hydroxylation is 1. The van der Waals surface area contributed by atoms with Crippen molar-refractivity contribution in [2.75, 3.05) is 20.3 Å². The zero-order valence-corrected chi connectivity index (χ0v) is 26.5. The predicted octanol–water partition coefficient (Wildman–Crippen LogP) is 2.77. The van der Waals surface area contributed by atoms with Gasteiger partial charge in [-0.3, -0.25) is 20.4 Å². The molecular formula is C26H37BrN6O7S. The highest BCUT2D eigenvalue weighted by atomic mass is 79.9. The van der Waals surface area contributed by atoms with Crippen molar-refractivity contribution in [3.8, 4) is 5.75 Å². The maximum Gasteiger partial charge on any atom is 0.270 e. The monoisotopic (exact) mass is 656 g/mol. The fourth-order valence-electron chi connectivity index (χ4n) is 3.63. The molecule has 0 saturated carbocycles. The first-order valence-corrected chi connectivity index (χ1v) is 15.3. The number of nitrogens with zero attached hydrogens (tertiary/aromatic N) is 3. The molecule has 2 unspecified atom stereocenters. The Hall–Kier alpha value is -2.85. The van der Waals surface area contributed by atoms with Crippen LogP contribution in [0.25, 0.3) is 0 Å². The van der Waals surface area contributed by atoms with Gasteiger partial charge >= 0.3 is 0 Å². The third kappa shape index (κ3) is 9.33. The first kappa shape index (κ1) is 32.7. The molecule has 2 atom stereocenters. The number of ether oxygens (including phenoxy) is 4. The summed E-state index contributed by atoms with van der Waals surface area (Å²) in [4.78, 5) is 26.0. The lowest BCUT2D eigenvalue weighted by molar-refractivity contribution is -0.249. The number of carbonyl (C=O) groups is 1. The summed E-state index contributed by atoms with van der Waals surface area (Å²) < 4.78 is 52.7. The van der Waals surface area contributed by atoms with E-state index >= 15 is 0 Å².